The van der Waals surface area contributed by atoms with Crippen LogP contribution >= 0.6 is 0 Å². The summed E-state index contributed by atoms with van der Waals surface area (Å²) >= 11 is 0. The van der Waals surface area contributed by atoms with Gasteiger partial charge in [-0.25, -0.2) is 0 Å². The van der Waals surface area contributed by atoms with E-state index in [1.165, 1.54) is 0 Å². The van der Waals surface area contributed by atoms with Crippen molar-refractivity contribution in [2.75, 3.05) is 44.6 Å². The summed E-state index contributed by atoms with van der Waals surface area (Å²) in [6, 6.07) is 7.77. The maximum absolute atomic E-state index is 12.6. The molecule has 1 aliphatic rings. The van der Waals surface area contributed by atoms with Crippen molar-refractivity contribution in [2.45, 2.75) is 33.6 Å². The molecule has 1 aliphatic heterocycles. The number of rotatable bonds is 7. The molecule has 0 bridgehead atoms. The van der Waals surface area contributed by atoms with Crippen LogP contribution in [-0.2, 0) is 9.59 Å². The maximum atomic E-state index is 12.6. The highest BCUT2D eigenvalue weighted by atomic mass is 16.5. The van der Waals surface area contributed by atoms with Crippen molar-refractivity contribution in [1.82, 2.24) is 15.0 Å². The van der Waals surface area contributed by atoms with E-state index in [1.807, 2.05) is 17.9 Å². The number of benzene rings is 1. The number of hydrogen-bond donors (Lipinski definition) is 1. The first-order valence-corrected chi connectivity index (χ1v) is 10.3. The van der Waals surface area contributed by atoms with E-state index in [0.29, 0.717) is 43.7 Å². The summed E-state index contributed by atoms with van der Waals surface area (Å²) in [5, 5.41) is 6.47. The van der Waals surface area contributed by atoms with Gasteiger partial charge in [0.05, 0.1) is 6.54 Å². The number of amides is 2. The van der Waals surface area contributed by atoms with Crippen LogP contribution in [0.3, 0.4) is 0 Å². The summed E-state index contributed by atoms with van der Waals surface area (Å²) in [6.07, 6.45) is 0. The monoisotopic (exact) mass is 414 g/mol. The number of nitrogens with zero attached hydrogens (tertiary/aromatic N) is 3. The van der Waals surface area contributed by atoms with E-state index in [-0.39, 0.29) is 25.0 Å². The third-order valence-electron chi connectivity index (χ3n) is 5.13. The minimum atomic E-state index is -0.146. The summed E-state index contributed by atoms with van der Waals surface area (Å²) in [7, 11) is 0. The van der Waals surface area contributed by atoms with Crippen molar-refractivity contribution in [3.63, 3.8) is 0 Å². The Morgan fingerprint density at radius 1 is 1.17 bits per heavy atom. The van der Waals surface area contributed by atoms with Gasteiger partial charge in [0.15, 0.2) is 12.4 Å². The highest BCUT2D eigenvalue weighted by molar-refractivity contribution is 5.91. The fourth-order valence-corrected chi connectivity index (χ4v) is 3.44. The molecule has 0 saturated carbocycles. The molecule has 8 heteroatoms. The molecule has 0 spiro atoms. The van der Waals surface area contributed by atoms with Crippen LogP contribution < -0.4 is 10.1 Å². The summed E-state index contributed by atoms with van der Waals surface area (Å²) in [4.78, 5) is 28.5. The molecule has 0 atom stereocenters. The molecule has 2 aromatic rings. The third-order valence-corrected chi connectivity index (χ3v) is 5.13. The summed E-state index contributed by atoms with van der Waals surface area (Å²) in [5.41, 5.74) is 2.21. The Morgan fingerprint density at radius 2 is 1.90 bits per heavy atom. The predicted molar refractivity (Wildman–Crippen MR) is 114 cm³/mol. The third kappa shape index (κ3) is 5.82. The summed E-state index contributed by atoms with van der Waals surface area (Å²) in [5.74, 6) is 1.98. The van der Waals surface area contributed by atoms with Crippen molar-refractivity contribution < 1.29 is 18.8 Å². The number of anilines is 1. The number of carbonyl (C=O) groups excluding carboxylic acids is 2. The first-order valence-electron chi connectivity index (χ1n) is 10.3. The number of aromatic nitrogens is 1. The van der Waals surface area contributed by atoms with Gasteiger partial charge in [0.2, 0.25) is 5.91 Å². The Balaban J connectivity index is 1.44. The Kier molecular flexibility index (Phi) is 7.10. The van der Waals surface area contributed by atoms with Crippen molar-refractivity contribution in [1.29, 1.82) is 0 Å². The highest BCUT2D eigenvalue weighted by Gasteiger charge is 2.23. The molecule has 1 saturated heterocycles. The second-order valence-corrected chi connectivity index (χ2v) is 8.01. The largest absolute Gasteiger partial charge is 0.483 e. The van der Waals surface area contributed by atoms with Crippen LogP contribution in [0.5, 0.6) is 5.75 Å². The van der Waals surface area contributed by atoms with Crippen molar-refractivity contribution >= 4 is 17.6 Å². The topological polar surface area (TPSA) is 87.9 Å². The molecule has 2 amide bonds. The van der Waals surface area contributed by atoms with Gasteiger partial charge in [-0.2, -0.15) is 0 Å². The number of nitrogens with one attached hydrogen (secondary N) is 1. The Labute approximate surface area is 177 Å². The SMILES string of the molecule is Cc1ccc(C(C)C)c(OCC(=O)N2CCN(CC(=O)Nc3cc(C)on3)CC2)c1. The van der Waals surface area contributed by atoms with Gasteiger partial charge in [0, 0.05) is 32.2 Å². The summed E-state index contributed by atoms with van der Waals surface area (Å²) in [6.45, 7) is 10.7. The minimum Gasteiger partial charge on any atom is -0.483 e. The molecule has 1 N–H and O–H groups in total. The molecule has 0 aliphatic carbocycles. The minimum absolute atomic E-state index is 0.0230. The van der Waals surface area contributed by atoms with Crippen molar-refractivity contribution in [3.05, 3.63) is 41.2 Å². The number of carbonyl (C=O) groups is 2. The van der Waals surface area contributed by atoms with E-state index >= 15 is 0 Å². The van der Waals surface area contributed by atoms with Crippen LogP contribution in [0.15, 0.2) is 28.8 Å². The molecule has 8 nitrogen and oxygen atoms in total. The molecule has 2 heterocycles. The molecular weight excluding hydrogens is 384 g/mol. The first-order chi connectivity index (χ1) is 14.3. The number of aryl methyl sites for hydroxylation is 2. The zero-order chi connectivity index (χ0) is 21.7. The van der Waals surface area contributed by atoms with E-state index in [4.69, 9.17) is 9.26 Å². The van der Waals surface area contributed by atoms with Gasteiger partial charge in [0.25, 0.3) is 5.91 Å². The van der Waals surface area contributed by atoms with E-state index in [2.05, 4.69) is 36.5 Å². The molecule has 30 heavy (non-hydrogen) atoms. The van der Waals surface area contributed by atoms with E-state index in [0.717, 1.165) is 16.9 Å². The molecule has 0 radical (unpaired) electrons. The van der Waals surface area contributed by atoms with Gasteiger partial charge < -0.3 is 19.5 Å². The Hall–Kier alpha value is -2.87. The molecule has 0 unspecified atom stereocenters. The van der Waals surface area contributed by atoms with Crippen LogP contribution in [0.4, 0.5) is 5.82 Å². The molecule has 1 aromatic carbocycles. The van der Waals surface area contributed by atoms with Crippen LogP contribution in [0, 0.1) is 13.8 Å². The summed E-state index contributed by atoms with van der Waals surface area (Å²) < 4.78 is 10.8. The molecular formula is C22H30N4O4. The Bertz CT molecular complexity index is 885. The molecule has 3 rings (SSSR count). The van der Waals surface area contributed by atoms with Gasteiger partial charge in [-0.15, -0.1) is 0 Å². The lowest BCUT2D eigenvalue weighted by molar-refractivity contribution is -0.135. The highest BCUT2D eigenvalue weighted by Crippen LogP contribution is 2.27. The normalized spacial score (nSPS) is 14.8. The van der Waals surface area contributed by atoms with Gasteiger partial charge in [-0.05, 0) is 37.0 Å². The van der Waals surface area contributed by atoms with Crippen LogP contribution in [0.2, 0.25) is 0 Å². The van der Waals surface area contributed by atoms with Crippen LogP contribution in [0.1, 0.15) is 36.7 Å². The maximum Gasteiger partial charge on any atom is 0.260 e. The second-order valence-electron chi connectivity index (χ2n) is 8.01. The second kappa shape index (κ2) is 9.75. The molecule has 162 valence electrons. The van der Waals surface area contributed by atoms with Gasteiger partial charge in [-0.3, -0.25) is 14.5 Å². The zero-order valence-electron chi connectivity index (χ0n) is 18.1. The lowest BCUT2D eigenvalue weighted by atomic mass is 10.0. The van der Waals surface area contributed by atoms with Gasteiger partial charge >= 0.3 is 0 Å². The lowest BCUT2D eigenvalue weighted by Crippen LogP contribution is -2.51. The first kappa shape index (κ1) is 21.8. The van der Waals surface area contributed by atoms with E-state index in [1.54, 1.807) is 17.9 Å². The van der Waals surface area contributed by atoms with Gasteiger partial charge in [0.1, 0.15) is 11.5 Å². The van der Waals surface area contributed by atoms with Crippen molar-refractivity contribution in [3.8, 4) is 5.75 Å². The van der Waals surface area contributed by atoms with Crippen LogP contribution in [0.25, 0.3) is 0 Å². The standard InChI is InChI=1S/C22H30N4O4/c1-15(2)18-6-5-16(3)11-19(18)29-14-22(28)26-9-7-25(8-10-26)13-21(27)23-20-12-17(4)30-24-20/h5-6,11-12,15H,7-10,13-14H2,1-4H3,(H,23,24,27). The predicted octanol–water partition coefficient (Wildman–Crippen LogP) is 2.58. The number of piperazine rings is 1. The quantitative estimate of drug-likeness (QED) is 0.749. The Morgan fingerprint density at radius 3 is 2.53 bits per heavy atom. The van der Waals surface area contributed by atoms with Crippen molar-refractivity contribution in [2.24, 2.45) is 0 Å². The lowest BCUT2D eigenvalue weighted by Gasteiger charge is -2.34. The van der Waals surface area contributed by atoms with E-state index in [9.17, 15) is 9.59 Å². The van der Waals surface area contributed by atoms with Crippen LogP contribution in [-0.4, -0.2) is 66.1 Å². The molecule has 1 aromatic heterocycles. The average Bonchev–Trinajstić information content (AvgIpc) is 3.10. The fraction of sp³-hybridized carbons (Fsp3) is 0.500. The van der Waals surface area contributed by atoms with E-state index < -0.39 is 0 Å². The number of hydrogen-bond acceptors (Lipinski definition) is 6. The molecule has 1 fully saturated rings. The van der Waals surface area contributed by atoms with Gasteiger partial charge in [-0.1, -0.05) is 31.1 Å². The fourth-order valence-electron chi connectivity index (χ4n) is 3.44. The smallest absolute Gasteiger partial charge is 0.260 e. The zero-order valence-corrected chi connectivity index (χ0v) is 18.1. The average molecular weight is 415 g/mol. The number of ether oxygens (including phenoxy) is 1.